The van der Waals surface area contributed by atoms with Crippen LogP contribution in [0.25, 0.3) is 6.08 Å². The summed E-state index contributed by atoms with van der Waals surface area (Å²) in [4.78, 5) is 10.4. The minimum Gasteiger partial charge on any atom is -0.493 e. The number of benzene rings is 2. The smallest absolute Gasteiger partial charge is 0.328 e. The number of halogens is 2. The first-order valence-electron chi connectivity index (χ1n) is 7.33. The summed E-state index contributed by atoms with van der Waals surface area (Å²) in [5.41, 5.74) is -0.0163. The van der Waals surface area contributed by atoms with Gasteiger partial charge in [0.25, 0.3) is 10.0 Å². The standard InChI is InChI=1S/C17H15BrFNO6S/c1-25-14-7-10(3-6-16(21)22)8-15(17(14)26-2)27(23,24)20-13-5-4-11(18)9-12(13)19/h3-9,20H,1-2H3,(H,21,22). The lowest BCUT2D eigenvalue weighted by molar-refractivity contribution is -0.131. The van der Waals surface area contributed by atoms with E-state index in [4.69, 9.17) is 14.6 Å². The SMILES string of the molecule is COc1cc(C=CC(=O)O)cc(S(=O)(=O)Nc2ccc(Br)cc2F)c1OC. The Kier molecular flexibility index (Phi) is 6.45. The Morgan fingerprint density at radius 1 is 1.22 bits per heavy atom. The first-order valence-corrected chi connectivity index (χ1v) is 9.60. The molecule has 0 saturated carbocycles. The second kappa shape index (κ2) is 8.40. The normalized spacial score (nSPS) is 11.4. The number of hydrogen-bond acceptors (Lipinski definition) is 5. The molecule has 0 atom stereocenters. The Balaban J connectivity index is 2.59. The van der Waals surface area contributed by atoms with Crippen molar-refractivity contribution in [2.75, 3.05) is 18.9 Å². The van der Waals surface area contributed by atoms with Gasteiger partial charge in [-0.25, -0.2) is 17.6 Å². The van der Waals surface area contributed by atoms with Crippen LogP contribution in [0.15, 0.2) is 45.8 Å². The molecule has 0 saturated heterocycles. The average Bonchev–Trinajstić information content (AvgIpc) is 2.61. The molecule has 0 aromatic heterocycles. The molecule has 0 aliphatic rings. The van der Waals surface area contributed by atoms with E-state index in [2.05, 4.69) is 20.7 Å². The van der Waals surface area contributed by atoms with Crippen molar-refractivity contribution < 1.29 is 32.2 Å². The van der Waals surface area contributed by atoms with Crippen LogP contribution in [0.4, 0.5) is 10.1 Å². The summed E-state index contributed by atoms with van der Waals surface area (Å²) in [6.45, 7) is 0. The molecule has 0 unspecified atom stereocenters. The van der Waals surface area contributed by atoms with Crippen molar-refractivity contribution in [2.24, 2.45) is 0 Å². The molecule has 0 bridgehead atoms. The maximum Gasteiger partial charge on any atom is 0.328 e. The van der Waals surface area contributed by atoms with E-state index in [0.29, 0.717) is 4.47 Å². The number of nitrogens with one attached hydrogen (secondary N) is 1. The van der Waals surface area contributed by atoms with E-state index in [1.807, 2.05) is 0 Å². The van der Waals surface area contributed by atoms with Crippen LogP contribution in [0, 0.1) is 5.82 Å². The fourth-order valence-electron chi connectivity index (χ4n) is 2.19. The van der Waals surface area contributed by atoms with Crippen LogP contribution < -0.4 is 14.2 Å². The zero-order valence-corrected chi connectivity index (χ0v) is 16.6. The number of carboxylic acids is 1. The van der Waals surface area contributed by atoms with Crippen LogP contribution in [0.1, 0.15) is 5.56 Å². The van der Waals surface area contributed by atoms with E-state index in [1.165, 1.54) is 44.6 Å². The minimum absolute atomic E-state index is 0.0710. The quantitative estimate of drug-likeness (QED) is 0.614. The van der Waals surface area contributed by atoms with E-state index in [1.54, 1.807) is 0 Å². The summed E-state index contributed by atoms with van der Waals surface area (Å²) in [6.07, 6.45) is 2.04. The van der Waals surface area contributed by atoms with Crippen molar-refractivity contribution in [3.8, 4) is 11.5 Å². The first-order chi connectivity index (χ1) is 12.7. The summed E-state index contributed by atoms with van der Waals surface area (Å²) in [5, 5.41) is 8.76. The summed E-state index contributed by atoms with van der Waals surface area (Å²) < 4.78 is 52.5. The third-order valence-electron chi connectivity index (χ3n) is 3.35. The van der Waals surface area contributed by atoms with E-state index in [-0.39, 0.29) is 27.6 Å². The van der Waals surface area contributed by atoms with Crippen molar-refractivity contribution in [3.05, 3.63) is 52.3 Å². The number of sulfonamides is 1. The number of rotatable bonds is 7. The van der Waals surface area contributed by atoms with E-state index >= 15 is 0 Å². The lowest BCUT2D eigenvalue weighted by atomic mass is 10.2. The molecule has 2 N–H and O–H groups in total. The molecule has 0 fully saturated rings. The molecule has 0 aliphatic heterocycles. The number of hydrogen-bond donors (Lipinski definition) is 2. The Morgan fingerprint density at radius 2 is 1.93 bits per heavy atom. The highest BCUT2D eigenvalue weighted by Crippen LogP contribution is 2.37. The van der Waals surface area contributed by atoms with Crippen LogP contribution in [0.5, 0.6) is 11.5 Å². The number of aliphatic carboxylic acids is 1. The van der Waals surface area contributed by atoms with Crippen molar-refractivity contribution in [3.63, 3.8) is 0 Å². The molecule has 0 heterocycles. The van der Waals surface area contributed by atoms with Gasteiger partial charge in [-0.1, -0.05) is 15.9 Å². The highest BCUT2D eigenvalue weighted by molar-refractivity contribution is 9.10. The Labute approximate surface area is 163 Å². The van der Waals surface area contributed by atoms with E-state index in [9.17, 15) is 17.6 Å². The van der Waals surface area contributed by atoms with Crippen LogP contribution in [-0.2, 0) is 14.8 Å². The lowest BCUT2D eigenvalue weighted by Crippen LogP contribution is -2.15. The van der Waals surface area contributed by atoms with Crippen LogP contribution in [-0.4, -0.2) is 33.7 Å². The van der Waals surface area contributed by atoms with Gasteiger partial charge in [0, 0.05) is 10.5 Å². The maximum absolute atomic E-state index is 14.0. The number of methoxy groups -OCH3 is 2. The molecule has 0 amide bonds. The summed E-state index contributed by atoms with van der Waals surface area (Å²) in [7, 11) is -1.72. The molecule has 0 spiro atoms. The third kappa shape index (κ3) is 4.98. The van der Waals surface area contributed by atoms with Crippen molar-refractivity contribution >= 4 is 43.7 Å². The van der Waals surface area contributed by atoms with Crippen molar-refractivity contribution in [1.82, 2.24) is 0 Å². The van der Waals surface area contributed by atoms with Gasteiger partial charge in [-0.15, -0.1) is 0 Å². The molecular formula is C17H15BrFNO6S. The predicted octanol–water partition coefficient (Wildman–Crippen LogP) is 3.50. The van der Waals surface area contributed by atoms with Gasteiger partial charge in [-0.3, -0.25) is 4.72 Å². The molecule has 27 heavy (non-hydrogen) atoms. The van der Waals surface area contributed by atoms with Gasteiger partial charge in [-0.2, -0.15) is 0 Å². The second-order valence-corrected chi connectivity index (χ2v) is 7.72. The predicted molar refractivity (Wildman–Crippen MR) is 101 cm³/mol. The highest BCUT2D eigenvalue weighted by atomic mass is 79.9. The van der Waals surface area contributed by atoms with Gasteiger partial charge in [0.05, 0.1) is 19.9 Å². The maximum atomic E-state index is 14.0. The Bertz CT molecular complexity index is 1010. The highest BCUT2D eigenvalue weighted by Gasteiger charge is 2.25. The molecule has 0 aliphatic carbocycles. The monoisotopic (exact) mass is 459 g/mol. The fraction of sp³-hybridized carbons (Fsp3) is 0.118. The second-order valence-electron chi connectivity index (χ2n) is 5.16. The minimum atomic E-state index is -4.28. The van der Waals surface area contributed by atoms with E-state index in [0.717, 1.165) is 12.1 Å². The molecule has 2 aromatic carbocycles. The van der Waals surface area contributed by atoms with Crippen molar-refractivity contribution in [2.45, 2.75) is 4.90 Å². The zero-order chi connectivity index (χ0) is 20.2. The van der Waals surface area contributed by atoms with Gasteiger partial charge >= 0.3 is 5.97 Å². The summed E-state index contributed by atoms with van der Waals surface area (Å²) in [6, 6.07) is 6.46. The van der Waals surface area contributed by atoms with Crippen LogP contribution >= 0.6 is 15.9 Å². The Hall–Kier alpha value is -2.59. The number of carbonyl (C=O) groups is 1. The molecule has 7 nitrogen and oxygen atoms in total. The largest absolute Gasteiger partial charge is 0.493 e. The van der Waals surface area contributed by atoms with Crippen LogP contribution in [0.3, 0.4) is 0 Å². The fourth-order valence-corrected chi connectivity index (χ4v) is 3.80. The van der Waals surface area contributed by atoms with Gasteiger partial charge in [-0.05, 0) is 42.0 Å². The summed E-state index contributed by atoms with van der Waals surface area (Å²) in [5.74, 6) is -2.01. The summed E-state index contributed by atoms with van der Waals surface area (Å²) >= 11 is 3.09. The van der Waals surface area contributed by atoms with E-state index < -0.39 is 21.8 Å². The van der Waals surface area contributed by atoms with Gasteiger partial charge in [0.15, 0.2) is 11.5 Å². The molecule has 10 heteroatoms. The molecule has 0 radical (unpaired) electrons. The number of carboxylic acid groups (broad SMARTS) is 1. The number of anilines is 1. The number of ether oxygens (including phenoxy) is 2. The van der Waals surface area contributed by atoms with Gasteiger partial charge in [0.1, 0.15) is 10.7 Å². The Morgan fingerprint density at radius 3 is 2.48 bits per heavy atom. The van der Waals surface area contributed by atoms with Gasteiger partial charge < -0.3 is 14.6 Å². The molecule has 144 valence electrons. The van der Waals surface area contributed by atoms with Crippen molar-refractivity contribution in [1.29, 1.82) is 0 Å². The van der Waals surface area contributed by atoms with Crippen LogP contribution in [0.2, 0.25) is 0 Å². The molecule has 2 rings (SSSR count). The molecule has 2 aromatic rings. The lowest BCUT2D eigenvalue weighted by Gasteiger charge is -2.16. The topological polar surface area (TPSA) is 102 Å². The third-order valence-corrected chi connectivity index (χ3v) is 5.21. The average molecular weight is 460 g/mol. The van der Waals surface area contributed by atoms with Gasteiger partial charge in [0.2, 0.25) is 0 Å². The molecular weight excluding hydrogens is 445 g/mol. The zero-order valence-electron chi connectivity index (χ0n) is 14.2. The first kappa shape index (κ1) is 20.7.